The van der Waals surface area contributed by atoms with E-state index in [0.29, 0.717) is 0 Å². The Morgan fingerprint density at radius 3 is 3.00 bits per heavy atom. The SMILES string of the molecule is Cn1ccc2cc(N=CN)ccc21. The first-order chi connectivity index (χ1) is 6.31. The van der Waals surface area contributed by atoms with Gasteiger partial charge >= 0.3 is 0 Å². The fourth-order valence-corrected chi connectivity index (χ4v) is 1.44. The number of nitrogens with zero attached hydrogens (tertiary/aromatic N) is 2. The molecular formula is C10H11N3. The van der Waals surface area contributed by atoms with Crippen molar-refractivity contribution >= 4 is 22.9 Å². The fraction of sp³-hybridized carbons (Fsp3) is 0.100. The van der Waals surface area contributed by atoms with Crippen molar-refractivity contribution in [3.63, 3.8) is 0 Å². The number of nitrogens with two attached hydrogens (primary N) is 1. The summed E-state index contributed by atoms with van der Waals surface area (Å²) in [5, 5.41) is 1.19. The van der Waals surface area contributed by atoms with E-state index in [4.69, 9.17) is 5.73 Å². The lowest BCUT2D eigenvalue weighted by molar-refractivity contribution is 0.969. The van der Waals surface area contributed by atoms with Gasteiger partial charge in [-0.15, -0.1) is 0 Å². The zero-order valence-electron chi connectivity index (χ0n) is 7.44. The molecule has 0 aliphatic rings. The molecule has 1 aromatic carbocycles. The van der Waals surface area contributed by atoms with Crippen LogP contribution in [0.3, 0.4) is 0 Å². The van der Waals surface area contributed by atoms with Crippen LogP contribution in [0.4, 0.5) is 5.69 Å². The quantitative estimate of drug-likeness (QED) is 0.518. The van der Waals surface area contributed by atoms with E-state index >= 15 is 0 Å². The summed E-state index contributed by atoms with van der Waals surface area (Å²) in [4.78, 5) is 4.01. The van der Waals surface area contributed by atoms with Crippen LogP contribution in [0.15, 0.2) is 35.5 Å². The van der Waals surface area contributed by atoms with Gasteiger partial charge in [-0.3, -0.25) is 0 Å². The summed E-state index contributed by atoms with van der Waals surface area (Å²) in [5.74, 6) is 0. The number of hydrogen-bond donors (Lipinski definition) is 1. The van der Waals surface area contributed by atoms with E-state index in [2.05, 4.69) is 15.6 Å². The van der Waals surface area contributed by atoms with Gasteiger partial charge in [0, 0.05) is 24.1 Å². The number of aliphatic imine (C=N–C) groups is 1. The Morgan fingerprint density at radius 2 is 2.23 bits per heavy atom. The lowest BCUT2D eigenvalue weighted by atomic mass is 10.2. The molecule has 2 N–H and O–H groups in total. The van der Waals surface area contributed by atoms with Crippen molar-refractivity contribution < 1.29 is 0 Å². The molecule has 2 rings (SSSR count). The van der Waals surface area contributed by atoms with Gasteiger partial charge in [0.05, 0.1) is 12.0 Å². The molecule has 0 atom stereocenters. The van der Waals surface area contributed by atoms with Crippen LogP contribution in [-0.2, 0) is 7.05 Å². The summed E-state index contributed by atoms with van der Waals surface area (Å²) >= 11 is 0. The highest BCUT2D eigenvalue weighted by atomic mass is 14.9. The van der Waals surface area contributed by atoms with Crippen LogP contribution in [0.5, 0.6) is 0 Å². The molecule has 2 aromatic rings. The number of fused-ring (bicyclic) bond motifs is 1. The molecule has 0 amide bonds. The summed E-state index contributed by atoms with van der Waals surface area (Å²) in [6.45, 7) is 0. The normalized spacial score (nSPS) is 11.5. The molecule has 0 bridgehead atoms. The van der Waals surface area contributed by atoms with Gasteiger partial charge in [-0.05, 0) is 24.3 Å². The predicted molar refractivity (Wildman–Crippen MR) is 55.3 cm³/mol. The molecule has 0 aliphatic carbocycles. The Hall–Kier alpha value is -1.77. The van der Waals surface area contributed by atoms with Crippen molar-refractivity contribution in [3.05, 3.63) is 30.5 Å². The van der Waals surface area contributed by atoms with Gasteiger partial charge in [-0.2, -0.15) is 0 Å². The van der Waals surface area contributed by atoms with Crippen molar-refractivity contribution in [2.24, 2.45) is 17.8 Å². The van der Waals surface area contributed by atoms with Gasteiger partial charge in [0.15, 0.2) is 0 Å². The third-order valence-electron chi connectivity index (χ3n) is 2.09. The Balaban J connectivity index is 2.63. The zero-order valence-corrected chi connectivity index (χ0v) is 7.44. The largest absolute Gasteiger partial charge is 0.390 e. The monoisotopic (exact) mass is 173 g/mol. The van der Waals surface area contributed by atoms with Crippen molar-refractivity contribution in [3.8, 4) is 0 Å². The van der Waals surface area contributed by atoms with E-state index < -0.39 is 0 Å². The van der Waals surface area contributed by atoms with Gasteiger partial charge in [0.1, 0.15) is 0 Å². The zero-order chi connectivity index (χ0) is 9.26. The van der Waals surface area contributed by atoms with Crippen LogP contribution in [0, 0.1) is 0 Å². The molecule has 1 heterocycles. The molecule has 0 radical (unpaired) electrons. The minimum atomic E-state index is 0.890. The molecule has 1 aromatic heterocycles. The van der Waals surface area contributed by atoms with Crippen LogP contribution in [0.25, 0.3) is 10.9 Å². The van der Waals surface area contributed by atoms with Crippen molar-refractivity contribution in [1.29, 1.82) is 0 Å². The number of benzene rings is 1. The third-order valence-corrected chi connectivity index (χ3v) is 2.09. The second-order valence-corrected chi connectivity index (χ2v) is 2.95. The average molecular weight is 173 g/mol. The van der Waals surface area contributed by atoms with Crippen LogP contribution < -0.4 is 5.73 Å². The van der Waals surface area contributed by atoms with Crippen LogP contribution >= 0.6 is 0 Å². The maximum absolute atomic E-state index is 5.21. The number of rotatable bonds is 1. The molecule has 0 saturated heterocycles. The van der Waals surface area contributed by atoms with E-state index in [9.17, 15) is 0 Å². The van der Waals surface area contributed by atoms with Crippen molar-refractivity contribution in [2.75, 3.05) is 0 Å². The van der Waals surface area contributed by atoms with E-state index in [1.807, 2.05) is 31.4 Å². The number of aromatic nitrogens is 1. The smallest absolute Gasteiger partial charge is 0.0860 e. The predicted octanol–water partition coefficient (Wildman–Crippen LogP) is 1.80. The Bertz CT molecular complexity index is 454. The van der Waals surface area contributed by atoms with Gasteiger partial charge in [0.2, 0.25) is 0 Å². The van der Waals surface area contributed by atoms with Gasteiger partial charge in [0.25, 0.3) is 0 Å². The molecular weight excluding hydrogens is 162 g/mol. The average Bonchev–Trinajstić information content (AvgIpc) is 2.48. The first-order valence-electron chi connectivity index (χ1n) is 4.10. The highest BCUT2D eigenvalue weighted by Gasteiger charge is 1.97. The van der Waals surface area contributed by atoms with Crippen LogP contribution in [0.1, 0.15) is 0 Å². The molecule has 0 unspecified atom stereocenters. The number of hydrogen-bond acceptors (Lipinski definition) is 1. The van der Waals surface area contributed by atoms with Crippen LogP contribution in [0.2, 0.25) is 0 Å². The second kappa shape index (κ2) is 2.94. The topological polar surface area (TPSA) is 43.3 Å². The van der Waals surface area contributed by atoms with E-state index in [1.54, 1.807) is 0 Å². The highest BCUT2D eigenvalue weighted by molar-refractivity contribution is 5.83. The lowest BCUT2D eigenvalue weighted by Crippen LogP contribution is -1.86. The summed E-state index contributed by atoms with van der Waals surface area (Å²) in [6.07, 6.45) is 3.34. The van der Waals surface area contributed by atoms with Crippen molar-refractivity contribution in [1.82, 2.24) is 4.57 Å². The molecule has 0 aliphatic heterocycles. The van der Waals surface area contributed by atoms with Gasteiger partial charge < -0.3 is 10.3 Å². The van der Waals surface area contributed by atoms with E-state index in [1.165, 1.54) is 17.2 Å². The Morgan fingerprint density at radius 1 is 1.38 bits per heavy atom. The second-order valence-electron chi connectivity index (χ2n) is 2.95. The maximum atomic E-state index is 5.21. The first-order valence-corrected chi connectivity index (χ1v) is 4.10. The summed E-state index contributed by atoms with van der Waals surface area (Å²) < 4.78 is 2.07. The summed E-state index contributed by atoms with van der Waals surface area (Å²) in [5.41, 5.74) is 7.31. The Kier molecular flexibility index (Phi) is 1.77. The highest BCUT2D eigenvalue weighted by Crippen LogP contribution is 2.20. The van der Waals surface area contributed by atoms with Crippen LogP contribution in [-0.4, -0.2) is 10.9 Å². The lowest BCUT2D eigenvalue weighted by Gasteiger charge is -1.96. The molecule has 66 valence electrons. The molecule has 13 heavy (non-hydrogen) atoms. The maximum Gasteiger partial charge on any atom is 0.0860 e. The summed E-state index contributed by atoms with van der Waals surface area (Å²) in [6, 6.07) is 8.06. The van der Waals surface area contributed by atoms with Gasteiger partial charge in [-0.25, -0.2) is 4.99 Å². The minimum Gasteiger partial charge on any atom is -0.390 e. The molecule has 3 nitrogen and oxygen atoms in total. The van der Waals surface area contributed by atoms with Gasteiger partial charge in [-0.1, -0.05) is 0 Å². The van der Waals surface area contributed by atoms with E-state index in [-0.39, 0.29) is 0 Å². The van der Waals surface area contributed by atoms with E-state index in [0.717, 1.165) is 5.69 Å². The molecule has 0 spiro atoms. The first kappa shape index (κ1) is 7.86. The number of aryl methyl sites for hydroxylation is 1. The summed E-state index contributed by atoms with van der Waals surface area (Å²) in [7, 11) is 2.02. The third kappa shape index (κ3) is 1.28. The Labute approximate surface area is 76.5 Å². The molecule has 3 heteroatoms. The molecule has 0 fully saturated rings. The van der Waals surface area contributed by atoms with Crippen molar-refractivity contribution in [2.45, 2.75) is 0 Å². The standard InChI is InChI=1S/C10H11N3/c1-13-5-4-8-6-9(12-7-11)2-3-10(8)13/h2-7H,1H3,(H2,11,12). The fourth-order valence-electron chi connectivity index (χ4n) is 1.44. The minimum absolute atomic E-state index is 0.890. The molecule has 0 saturated carbocycles.